The van der Waals surface area contributed by atoms with E-state index < -0.39 is 0 Å². The summed E-state index contributed by atoms with van der Waals surface area (Å²) < 4.78 is 0. The zero-order valence-corrected chi connectivity index (χ0v) is 16.0. The van der Waals surface area contributed by atoms with Crippen LogP contribution in [0.2, 0.25) is 0 Å². The SMILES string of the molecule is C=Cc1[nH]c2c(C)cnc(NCCCN(C)C)c2c1C12C=CC=CC1C2. The van der Waals surface area contributed by atoms with E-state index in [0.717, 1.165) is 31.0 Å². The summed E-state index contributed by atoms with van der Waals surface area (Å²) in [5.74, 6) is 1.58. The van der Waals surface area contributed by atoms with Gasteiger partial charge >= 0.3 is 0 Å². The Hall–Kier alpha value is -2.33. The fourth-order valence-electron chi connectivity index (χ4n) is 4.25. The number of aryl methyl sites for hydroxylation is 1. The molecule has 1 saturated carbocycles. The van der Waals surface area contributed by atoms with Gasteiger partial charge in [-0.05, 0) is 63.5 Å². The maximum Gasteiger partial charge on any atom is 0.135 e. The molecule has 0 saturated heterocycles. The van der Waals surface area contributed by atoms with Gasteiger partial charge in [-0.15, -0.1) is 0 Å². The molecule has 0 spiro atoms. The number of pyridine rings is 1. The van der Waals surface area contributed by atoms with Crippen molar-refractivity contribution in [3.8, 4) is 0 Å². The lowest BCUT2D eigenvalue weighted by atomic mass is 9.88. The van der Waals surface area contributed by atoms with Crippen molar-refractivity contribution < 1.29 is 0 Å². The van der Waals surface area contributed by atoms with Crippen LogP contribution in [0.25, 0.3) is 17.0 Å². The van der Waals surface area contributed by atoms with E-state index in [1.54, 1.807) is 0 Å². The molecule has 2 unspecified atom stereocenters. The summed E-state index contributed by atoms with van der Waals surface area (Å²) in [7, 11) is 4.22. The molecule has 26 heavy (non-hydrogen) atoms. The second-order valence-corrected chi connectivity index (χ2v) is 7.84. The quantitative estimate of drug-likeness (QED) is 0.735. The Labute approximate surface area is 155 Å². The zero-order valence-electron chi connectivity index (χ0n) is 16.0. The fourth-order valence-corrected chi connectivity index (χ4v) is 4.25. The number of allylic oxidation sites excluding steroid dienone is 4. The number of aromatic amines is 1. The molecule has 0 amide bonds. The highest BCUT2D eigenvalue weighted by atomic mass is 15.1. The third kappa shape index (κ3) is 2.69. The Morgan fingerprint density at radius 2 is 2.27 bits per heavy atom. The number of hydrogen-bond donors (Lipinski definition) is 2. The monoisotopic (exact) mass is 348 g/mol. The topological polar surface area (TPSA) is 44.0 Å². The molecule has 2 aliphatic rings. The van der Waals surface area contributed by atoms with Gasteiger partial charge in [-0.3, -0.25) is 0 Å². The van der Waals surface area contributed by atoms with Crippen molar-refractivity contribution in [3.05, 3.63) is 53.9 Å². The van der Waals surface area contributed by atoms with E-state index in [1.165, 1.54) is 28.5 Å². The number of nitrogens with zero attached hydrogens (tertiary/aromatic N) is 2. The van der Waals surface area contributed by atoms with E-state index >= 15 is 0 Å². The van der Waals surface area contributed by atoms with E-state index in [2.05, 4.69) is 67.1 Å². The molecule has 2 aromatic heterocycles. The van der Waals surface area contributed by atoms with Crippen molar-refractivity contribution in [1.82, 2.24) is 14.9 Å². The summed E-state index contributed by atoms with van der Waals surface area (Å²) >= 11 is 0. The van der Waals surface area contributed by atoms with Crippen LogP contribution in [0.3, 0.4) is 0 Å². The van der Waals surface area contributed by atoms with Gasteiger partial charge in [-0.2, -0.15) is 0 Å². The molecule has 2 atom stereocenters. The van der Waals surface area contributed by atoms with Gasteiger partial charge in [0.1, 0.15) is 5.82 Å². The van der Waals surface area contributed by atoms with E-state index in [-0.39, 0.29) is 5.41 Å². The van der Waals surface area contributed by atoms with Crippen LogP contribution in [-0.2, 0) is 5.41 Å². The Morgan fingerprint density at radius 3 is 3.00 bits per heavy atom. The van der Waals surface area contributed by atoms with Gasteiger partial charge in [0.25, 0.3) is 0 Å². The zero-order chi connectivity index (χ0) is 18.3. The van der Waals surface area contributed by atoms with Crippen LogP contribution in [-0.4, -0.2) is 42.1 Å². The summed E-state index contributed by atoms with van der Waals surface area (Å²) in [4.78, 5) is 10.6. The van der Waals surface area contributed by atoms with Gasteiger partial charge in [0.2, 0.25) is 0 Å². The summed E-state index contributed by atoms with van der Waals surface area (Å²) in [6.07, 6.45) is 15.2. The third-order valence-corrected chi connectivity index (χ3v) is 5.70. The summed E-state index contributed by atoms with van der Waals surface area (Å²) in [6, 6.07) is 0. The van der Waals surface area contributed by atoms with Crippen molar-refractivity contribution in [2.45, 2.75) is 25.2 Å². The van der Waals surface area contributed by atoms with E-state index in [1.807, 2.05) is 12.3 Å². The van der Waals surface area contributed by atoms with Crippen molar-refractivity contribution in [3.63, 3.8) is 0 Å². The molecule has 0 aliphatic heterocycles. The summed E-state index contributed by atoms with van der Waals surface area (Å²) in [5, 5.41) is 4.83. The molecule has 2 aliphatic carbocycles. The number of anilines is 1. The molecule has 2 N–H and O–H groups in total. The van der Waals surface area contributed by atoms with Crippen molar-refractivity contribution in [1.29, 1.82) is 0 Å². The highest BCUT2D eigenvalue weighted by Crippen LogP contribution is 2.60. The lowest BCUT2D eigenvalue weighted by Gasteiger charge is -2.17. The molecule has 4 heteroatoms. The molecular formula is C22H28N4. The predicted molar refractivity (Wildman–Crippen MR) is 111 cm³/mol. The highest BCUT2D eigenvalue weighted by molar-refractivity contribution is 5.99. The van der Waals surface area contributed by atoms with Gasteiger partial charge in [0.05, 0.1) is 5.52 Å². The molecule has 2 aromatic rings. The molecule has 136 valence electrons. The highest BCUT2D eigenvalue weighted by Gasteiger charge is 2.55. The van der Waals surface area contributed by atoms with Crippen LogP contribution in [0.4, 0.5) is 5.82 Å². The Kier molecular flexibility index (Phi) is 4.23. The number of fused-ring (bicyclic) bond motifs is 2. The maximum atomic E-state index is 4.75. The fraction of sp³-hybridized carbons (Fsp3) is 0.409. The normalized spacial score (nSPS) is 23.5. The Balaban J connectivity index is 1.78. The van der Waals surface area contributed by atoms with Gasteiger partial charge in [-0.25, -0.2) is 4.98 Å². The second kappa shape index (κ2) is 6.44. The number of rotatable bonds is 7. The largest absolute Gasteiger partial charge is 0.369 e. The summed E-state index contributed by atoms with van der Waals surface area (Å²) in [5.41, 5.74) is 4.96. The minimum Gasteiger partial charge on any atom is -0.369 e. The first-order valence-electron chi connectivity index (χ1n) is 9.45. The molecule has 1 fully saturated rings. The average molecular weight is 348 g/mol. The van der Waals surface area contributed by atoms with Crippen LogP contribution < -0.4 is 5.32 Å². The summed E-state index contributed by atoms with van der Waals surface area (Å²) in [6.45, 7) is 8.18. The van der Waals surface area contributed by atoms with Gasteiger partial charge in [0.15, 0.2) is 0 Å². The van der Waals surface area contributed by atoms with Crippen LogP contribution >= 0.6 is 0 Å². The van der Waals surface area contributed by atoms with Gasteiger partial charge < -0.3 is 15.2 Å². The van der Waals surface area contributed by atoms with Crippen molar-refractivity contribution in [2.24, 2.45) is 5.92 Å². The van der Waals surface area contributed by atoms with E-state index in [4.69, 9.17) is 4.98 Å². The van der Waals surface area contributed by atoms with Crippen LogP contribution in [0.5, 0.6) is 0 Å². The minimum atomic E-state index is 0.103. The number of aromatic nitrogens is 2. The molecular weight excluding hydrogens is 320 g/mol. The average Bonchev–Trinajstić information content (AvgIpc) is 3.23. The first-order chi connectivity index (χ1) is 12.6. The van der Waals surface area contributed by atoms with Crippen LogP contribution in [0.15, 0.2) is 37.1 Å². The Bertz CT molecular complexity index is 902. The standard InChI is InChI=1S/C22H28N4/c1-5-17-19(22-10-7-6-9-16(22)13-22)18-20(25-17)15(2)14-24-21(18)23-11-8-12-26(3)4/h5-7,9-10,14,16,25H,1,8,11-13H2,2-4H3,(H,23,24). The number of H-pyrrole nitrogens is 1. The van der Waals surface area contributed by atoms with E-state index in [0.29, 0.717) is 5.92 Å². The van der Waals surface area contributed by atoms with Crippen molar-refractivity contribution in [2.75, 3.05) is 32.5 Å². The van der Waals surface area contributed by atoms with Crippen LogP contribution in [0, 0.1) is 12.8 Å². The van der Waals surface area contributed by atoms with Gasteiger partial charge in [0, 0.05) is 29.2 Å². The Morgan fingerprint density at radius 1 is 1.42 bits per heavy atom. The predicted octanol–water partition coefficient (Wildman–Crippen LogP) is 4.26. The molecule has 4 nitrogen and oxygen atoms in total. The maximum absolute atomic E-state index is 4.75. The molecule has 4 rings (SSSR count). The van der Waals surface area contributed by atoms with Gasteiger partial charge in [-0.1, -0.05) is 30.9 Å². The smallest absolute Gasteiger partial charge is 0.135 e. The van der Waals surface area contributed by atoms with E-state index in [9.17, 15) is 0 Å². The lowest BCUT2D eigenvalue weighted by Crippen LogP contribution is -2.17. The number of nitrogens with one attached hydrogen (secondary N) is 2. The molecule has 0 aromatic carbocycles. The molecule has 2 heterocycles. The van der Waals surface area contributed by atoms with Crippen LogP contribution in [0.1, 0.15) is 29.7 Å². The number of hydrogen-bond acceptors (Lipinski definition) is 3. The second-order valence-electron chi connectivity index (χ2n) is 7.84. The van der Waals surface area contributed by atoms with Crippen molar-refractivity contribution >= 4 is 22.8 Å². The first kappa shape index (κ1) is 17.1. The third-order valence-electron chi connectivity index (χ3n) is 5.70. The molecule has 0 bridgehead atoms. The molecule has 0 radical (unpaired) electrons. The minimum absolute atomic E-state index is 0.103. The first-order valence-corrected chi connectivity index (χ1v) is 9.45. The lowest BCUT2D eigenvalue weighted by molar-refractivity contribution is 0.405.